The molecule has 0 radical (unpaired) electrons. The summed E-state index contributed by atoms with van der Waals surface area (Å²) in [7, 11) is 1.91. The zero-order valence-electron chi connectivity index (χ0n) is 13.6. The van der Waals surface area contributed by atoms with E-state index in [0.717, 1.165) is 10.9 Å². The first kappa shape index (κ1) is 16.4. The molecule has 1 atom stereocenters. The third-order valence-electron chi connectivity index (χ3n) is 4.44. The molecule has 0 fully saturated rings. The Morgan fingerprint density at radius 3 is 2.33 bits per heavy atom. The number of fused-ring (bicyclic) bond motifs is 1. The molecule has 0 bridgehead atoms. The van der Waals surface area contributed by atoms with E-state index in [1.54, 1.807) is 0 Å². The van der Waals surface area contributed by atoms with Crippen LogP contribution in [-0.2, 0) is 6.54 Å². The smallest absolute Gasteiger partial charge is 0.187 e. The molecule has 24 heavy (non-hydrogen) atoms. The van der Waals surface area contributed by atoms with Gasteiger partial charge in [0, 0.05) is 12.6 Å². The van der Waals surface area contributed by atoms with E-state index in [1.165, 1.54) is 17.5 Å². The number of phenols is 1. The zero-order chi connectivity index (χ0) is 17.3. The van der Waals surface area contributed by atoms with Gasteiger partial charge in [0.25, 0.3) is 0 Å². The average Bonchev–Trinajstić information content (AvgIpc) is 2.58. The van der Waals surface area contributed by atoms with E-state index in [4.69, 9.17) is 0 Å². The molecule has 1 N–H and O–H groups in total. The predicted octanol–water partition coefficient (Wildman–Crippen LogP) is 5.02. The number of phenolic OH excluding ortho intramolecular Hbond substituents is 1. The molecule has 0 heterocycles. The molecular formula is C20H19F2NO. The van der Waals surface area contributed by atoms with Crippen LogP contribution in [0.4, 0.5) is 8.78 Å². The molecule has 4 heteroatoms. The van der Waals surface area contributed by atoms with Crippen LogP contribution in [0, 0.1) is 11.6 Å². The maximum atomic E-state index is 13.5. The molecule has 0 saturated carbocycles. The lowest BCUT2D eigenvalue weighted by atomic mass is 9.98. The van der Waals surface area contributed by atoms with Gasteiger partial charge < -0.3 is 5.11 Å². The van der Waals surface area contributed by atoms with E-state index in [2.05, 4.69) is 31.2 Å². The van der Waals surface area contributed by atoms with Crippen molar-refractivity contribution in [3.05, 3.63) is 77.4 Å². The predicted molar refractivity (Wildman–Crippen MR) is 91.9 cm³/mol. The minimum Gasteiger partial charge on any atom is -0.503 e. The number of nitrogens with zero attached hydrogens (tertiary/aromatic N) is 1. The van der Waals surface area contributed by atoms with Crippen LogP contribution in [0.25, 0.3) is 10.8 Å². The first-order chi connectivity index (χ1) is 11.5. The first-order valence-electron chi connectivity index (χ1n) is 7.82. The Hall–Kier alpha value is -2.46. The van der Waals surface area contributed by atoms with Crippen LogP contribution in [0.2, 0.25) is 0 Å². The van der Waals surface area contributed by atoms with Crippen molar-refractivity contribution >= 4 is 10.8 Å². The summed E-state index contributed by atoms with van der Waals surface area (Å²) in [5, 5.41) is 11.5. The van der Waals surface area contributed by atoms with Crippen molar-refractivity contribution in [2.45, 2.75) is 19.5 Å². The number of hydrogen-bond acceptors (Lipinski definition) is 2. The number of rotatable bonds is 4. The van der Waals surface area contributed by atoms with Gasteiger partial charge in [-0.05, 0) is 48.0 Å². The van der Waals surface area contributed by atoms with Gasteiger partial charge in [0.05, 0.1) is 0 Å². The van der Waals surface area contributed by atoms with Crippen LogP contribution in [0.3, 0.4) is 0 Å². The SMILES string of the molecule is C[C@H](c1cccc2ccccc12)N(C)Cc1cc(F)c(O)c(F)c1. The quantitative estimate of drug-likeness (QED) is 0.727. The minimum absolute atomic E-state index is 0.0658. The molecule has 0 saturated heterocycles. The molecule has 2 nitrogen and oxygen atoms in total. The monoisotopic (exact) mass is 327 g/mol. The molecule has 0 aliphatic heterocycles. The van der Waals surface area contributed by atoms with Crippen LogP contribution in [-0.4, -0.2) is 17.1 Å². The lowest BCUT2D eigenvalue weighted by Gasteiger charge is -2.26. The van der Waals surface area contributed by atoms with Crippen molar-refractivity contribution in [2.24, 2.45) is 0 Å². The number of halogens is 2. The van der Waals surface area contributed by atoms with Gasteiger partial charge in [-0.15, -0.1) is 0 Å². The van der Waals surface area contributed by atoms with Gasteiger partial charge in [-0.2, -0.15) is 0 Å². The summed E-state index contributed by atoms with van der Waals surface area (Å²) < 4.78 is 27.0. The second-order valence-corrected chi connectivity index (χ2v) is 6.07. The van der Waals surface area contributed by atoms with E-state index in [0.29, 0.717) is 12.1 Å². The summed E-state index contributed by atoms with van der Waals surface area (Å²) in [6.45, 7) is 2.44. The molecular weight excluding hydrogens is 308 g/mol. The second kappa shape index (κ2) is 6.57. The normalized spacial score (nSPS) is 12.7. The van der Waals surface area contributed by atoms with E-state index in [1.807, 2.05) is 30.1 Å². The highest BCUT2D eigenvalue weighted by Gasteiger charge is 2.16. The molecule has 0 unspecified atom stereocenters. The fraction of sp³-hybridized carbons (Fsp3) is 0.200. The fourth-order valence-corrected chi connectivity index (χ4v) is 2.99. The van der Waals surface area contributed by atoms with E-state index >= 15 is 0 Å². The summed E-state index contributed by atoms with van der Waals surface area (Å²) in [5.41, 5.74) is 1.65. The molecule has 3 aromatic rings. The molecule has 0 spiro atoms. The summed E-state index contributed by atoms with van der Waals surface area (Å²) in [6, 6.07) is 16.7. The standard InChI is InChI=1S/C20H19F2NO/c1-13(16-9-5-7-15-6-3-4-8-17(15)16)23(2)12-14-10-18(21)20(24)19(22)11-14/h3-11,13,24H,12H2,1-2H3/t13-/m1/s1. The van der Waals surface area contributed by atoms with Crippen molar-refractivity contribution in [1.29, 1.82) is 0 Å². The van der Waals surface area contributed by atoms with Crippen molar-refractivity contribution in [3.8, 4) is 5.75 Å². The number of aromatic hydroxyl groups is 1. The van der Waals surface area contributed by atoms with Crippen LogP contribution in [0.15, 0.2) is 54.6 Å². The van der Waals surface area contributed by atoms with E-state index in [-0.39, 0.29) is 6.04 Å². The maximum Gasteiger partial charge on any atom is 0.187 e. The lowest BCUT2D eigenvalue weighted by molar-refractivity contribution is 0.253. The molecule has 3 rings (SSSR count). The maximum absolute atomic E-state index is 13.5. The lowest BCUT2D eigenvalue weighted by Crippen LogP contribution is -2.22. The zero-order valence-corrected chi connectivity index (χ0v) is 13.6. The Morgan fingerprint density at radius 1 is 1.00 bits per heavy atom. The van der Waals surface area contributed by atoms with Gasteiger partial charge in [0.2, 0.25) is 0 Å². The van der Waals surface area contributed by atoms with Gasteiger partial charge >= 0.3 is 0 Å². The Balaban J connectivity index is 1.88. The third kappa shape index (κ3) is 3.10. The van der Waals surface area contributed by atoms with Crippen LogP contribution < -0.4 is 0 Å². The Kier molecular flexibility index (Phi) is 4.49. The third-order valence-corrected chi connectivity index (χ3v) is 4.44. The summed E-state index contributed by atoms with van der Waals surface area (Å²) in [4.78, 5) is 2.02. The van der Waals surface area contributed by atoms with Crippen molar-refractivity contribution in [2.75, 3.05) is 7.05 Å². The molecule has 0 aromatic heterocycles. The van der Waals surface area contributed by atoms with Gasteiger partial charge in [-0.25, -0.2) is 8.78 Å². The molecule has 0 amide bonds. The Morgan fingerprint density at radius 2 is 1.62 bits per heavy atom. The molecule has 0 aliphatic rings. The average molecular weight is 327 g/mol. The second-order valence-electron chi connectivity index (χ2n) is 6.07. The number of benzene rings is 3. The summed E-state index contributed by atoms with van der Waals surface area (Å²) in [6.07, 6.45) is 0. The first-order valence-corrected chi connectivity index (χ1v) is 7.82. The largest absolute Gasteiger partial charge is 0.503 e. The van der Waals surface area contributed by atoms with Crippen molar-refractivity contribution < 1.29 is 13.9 Å². The topological polar surface area (TPSA) is 23.5 Å². The fourth-order valence-electron chi connectivity index (χ4n) is 2.99. The van der Waals surface area contributed by atoms with Gasteiger partial charge in [-0.1, -0.05) is 42.5 Å². The molecule has 3 aromatic carbocycles. The Bertz CT molecular complexity index is 850. The molecule has 0 aliphatic carbocycles. The van der Waals surface area contributed by atoms with Crippen LogP contribution in [0.1, 0.15) is 24.1 Å². The van der Waals surface area contributed by atoms with Crippen molar-refractivity contribution in [3.63, 3.8) is 0 Å². The summed E-state index contributed by atoms with van der Waals surface area (Å²) >= 11 is 0. The van der Waals surface area contributed by atoms with Crippen LogP contribution in [0.5, 0.6) is 5.75 Å². The van der Waals surface area contributed by atoms with E-state index in [9.17, 15) is 13.9 Å². The Labute approximate surface area is 140 Å². The van der Waals surface area contributed by atoms with Gasteiger partial charge in [0.1, 0.15) is 0 Å². The minimum atomic E-state index is -0.934. The van der Waals surface area contributed by atoms with Crippen LogP contribution >= 0.6 is 0 Å². The number of hydrogen-bond donors (Lipinski definition) is 1. The van der Waals surface area contributed by atoms with Gasteiger partial charge in [-0.3, -0.25) is 4.90 Å². The highest BCUT2D eigenvalue weighted by molar-refractivity contribution is 5.86. The highest BCUT2D eigenvalue weighted by atomic mass is 19.1. The van der Waals surface area contributed by atoms with Gasteiger partial charge in [0.15, 0.2) is 17.4 Å². The van der Waals surface area contributed by atoms with E-state index < -0.39 is 17.4 Å². The summed E-state index contributed by atoms with van der Waals surface area (Å²) in [5.74, 6) is -2.80. The highest BCUT2D eigenvalue weighted by Crippen LogP contribution is 2.29. The van der Waals surface area contributed by atoms with Crippen molar-refractivity contribution in [1.82, 2.24) is 4.90 Å². The molecule has 124 valence electrons.